The molecule has 0 saturated heterocycles. The van der Waals surface area contributed by atoms with E-state index in [1.807, 2.05) is 0 Å². The van der Waals surface area contributed by atoms with E-state index < -0.39 is 46.5 Å². The topological polar surface area (TPSA) is 55.4 Å². The van der Waals surface area contributed by atoms with E-state index in [1.54, 1.807) is 36.4 Å². The molecule has 0 radical (unpaired) electrons. The molecule has 0 aliphatic heterocycles. The molecule has 4 nitrogen and oxygen atoms in total. The molecule has 148 valence electrons. The SMILES string of the molecule is O=C(Oc1c(F)c(F)c(C(=O)NCc2ccccc2)c(F)c1F)c1ccccc1. The number of esters is 1. The van der Waals surface area contributed by atoms with Gasteiger partial charge in [0.1, 0.15) is 5.56 Å². The van der Waals surface area contributed by atoms with Gasteiger partial charge in [0.05, 0.1) is 5.56 Å². The van der Waals surface area contributed by atoms with E-state index in [2.05, 4.69) is 10.1 Å². The van der Waals surface area contributed by atoms with E-state index in [1.165, 1.54) is 24.3 Å². The van der Waals surface area contributed by atoms with Crippen LogP contribution in [-0.2, 0) is 6.54 Å². The second kappa shape index (κ2) is 8.55. The maximum Gasteiger partial charge on any atom is 0.343 e. The van der Waals surface area contributed by atoms with Crippen LogP contribution >= 0.6 is 0 Å². The van der Waals surface area contributed by atoms with Gasteiger partial charge in [-0.05, 0) is 17.7 Å². The van der Waals surface area contributed by atoms with Crippen LogP contribution in [0.3, 0.4) is 0 Å². The van der Waals surface area contributed by atoms with Gasteiger partial charge in [0, 0.05) is 6.54 Å². The van der Waals surface area contributed by atoms with Gasteiger partial charge in [0.25, 0.3) is 5.91 Å². The van der Waals surface area contributed by atoms with Gasteiger partial charge in [-0.3, -0.25) is 4.79 Å². The Hall–Kier alpha value is -3.68. The molecule has 3 rings (SSSR count). The molecule has 3 aromatic carbocycles. The number of rotatable bonds is 5. The summed E-state index contributed by atoms with van der Waals surface area (Å²) in [4.78, 5) is 24.0. The van der Waals surface area contributed by atoms with Crippen molar-refractivity contribution in [3.8, 4) is 5.75 Å². The van der Waals surface area contributed by atoms with Crippen molar-refractivity contribution in [1.29, 1.82) is 0 Å². The molecule has 0 bridgehead atoms. The van der Waals surface area contributed by atoms with Crippen molar-refractivity contribution < 1.29 is 31.9 Å². The van der Waals surface area contributed by atoms with Crippen molar-refractivity contribution in [2.24, 2.45) is 0 Å². The summed E-state index contributed by atoms with van der Waals surface area (Å²) in [5.41, 5.74) is -0.928. The zero-order valence-corrected chi connectivity index (χ0v) is 14.7. The first-order valence-electron chi connectivity index (χ1n) is 8.35. The van der Waals surface area contributed by atoms with Crippen molar-refractivity contribution in [2.45, 2.75) is 6.54 Å². The summed E-state index contributed by atoms with van der Waals surface area (Å²) in [6.07, 6.45) is 0. The number of halogens is 4. The van der Waals surface area contributed by atoms with Gasteiger partial charge in [0.2, 0.25) is 17.4 Å². The molecule has 8 heteroatoms. The molecule has 0 aliphatic carbocycles. The van der Waals surface area contributed by atoms with Crippen molar-refractivity contribution in [3.05, 3.63) is 101 Å². The van der Waals surface area contributed by atoms with Gasteiger partial charge < -0.3 is 10.1 Å². The Morgan fingerprint density at radius 2 is 1.28 bits per heavy atom. The predicted molar refractivity (Wildman–Crippen MR) is 95.3 cm³/mol. The van der Waals surface area contributed by atoms with Crippen LogP contribution in [0.2, 0.25) is 0 Å². The van der Waals surface area contributed by atoms with E-state index in [4.69, 9.17) is 0 Å². The Kier molecular flexibility index (Phi) is 5.92. The summed E-state index contributed by atoms with van der Waals surface area (Å²) < 4.78 is 61.6. The number of carbonyl (C=O) groups is 2. The third-order valence-electron chi connectivity index (χ3n) is 3.95. The minimum atomic E-state index is -1.99. The molecule has 0 fully saturated rings. The highest BCUT2D eigenvalue weighted by Crippen LogP contribution is 2.30. The first kappa shape index (κ1) is 20.1. The Balaban J connectivity index is 1.87. The fraction of sp³-hybridized carbons (Fsp3) is 0.0476. The van der Waals surface area contributed by atoms with Crippen molar-refractivity contribution >= 4 is 11.9 Å². The van der Waals surface area contributed by atoms with Crippen LogP contribution in [0.25, 0.3) is 0 Å². The maximum atomic E-state index is 14.3. The quantitative estimate of drug-likeness (QED) is 0.298. The van der Waals surface area contributed by atoms with Gasteiger partial charge in [-0.1, -0.05) is 48.5 Å². The smallest absolute Gasteiger partial charge is 0.343 e. The number of hydrogen-bond acceptors (Lipinski definition) is 3. The Labute approximate surface area is 162 Å². The second-order valence-electron chi connectivity index (χ2n) is 5.88. The average molecular weight is 403 g/mol. The van der Waals surface area contributed by atoms with Gasteiger partial charge >= 0.3 is 5.97 Å². The summed E-state index contributed by atoms with van der Waals surface area (Å²) in [6.45, 7) is -0.119. The number of ether oxygens (including phenoxy) is 1. The Bertz CT molecular complexity index is 1030. The largest absolute Gasteiger partial charge is 0.416 e. The molecule has 0 spiro atoms. The van der Waals surface area contributed by atoms with Gasteiger partial charge in [0.15, 0.2) is 11.6 Å². The van der Waals surface area contributed by atoms with Gasteiger partial charge in [-0.25, -0.2) is 13.6 Å². The molecule has 0 saturated carbocycles. The molecular formula is C21H13F4NO3. The standard InChI is InChI=1S/C21H13F4NO3/c22-15-14(20(27)26-11-12-7-3-1-4-8-12)16(23)18(25)19(17(15)24)29-21(28)13-9-5-2-6-10-13/h1-10H,11H2,(H,26,27). The van der Waals surface area contributed by atoms with Crippen molar-refractivity contribution in [2.75, 3.05) is 0 Å². The molecule has 0 unspecified atom stereocenters. The molecule has 1 N–H and O–H groups in total. The van der Waals surface area contributed by atoms with Crippen LogP contribution < -0.4 is 10.1 Å². The fourth-order valence-corrected chi connectivity index (χ4v) is 2.49. The van der Waals surface area contributed by atoms with Crippen LogP contribution in [0.1, 0.15) is 26.3 Å². The van der Waals surface area contributed by atoms with E-state index in [0.29, 0.717) is 5.56 Å². The molecule has 29 heavy (non-hydrogen) atoms. The third-order valence-corrected chi connectivity index (χ3v) is 3.95. The zero-order valence-electron chi connectivity index (χ0n) is 14.7. The first-order chi connectivity index (χ1) is 13.9. The summed E-state index contributed by atoms with van der Waals surface area (Å²) in [5, 5.41) is 2.18. The van der Waals surface area contributed by atoms with Crippen LogP contribution in [0.5, 0.6) is 5.75 Å². The molecular weight excluding hydrogens is 390 g/mol. The van der Waals surface area contributed by atoms with Crippen molar-refractivity contribution in [3.63, 3.8) is 0 Å². The number of amides is 1. The van der Waals surface area contributed by atoms with Crippen LogP contribution in [0.15, 0.2) is 60.7 Å². The normalized spacial score (nSPS) is 10.5. The number of benzene rings is 3. The molecule has 0 atom stereocenters. The molecule has 3 aromatic rings. The highest BCUT2D eigenvalue weighted by atomic mass is 19.2. The predicted octanol–water partition coefficient (Wildman–Crippen LogP) is 4.39. The van der Waals surface area contributed by atoms with E-state index in [0.717, 1.165) is 0 Å². The van der Waals surface area contributed by atoms with Crippen LogP contribution in [0, 0.1) is 23.3 Å². The summed E-state index contributed by atoms with van der Waals surface area (Å²) in [7, 11) is 0. The van der Waals surface area contributed by atoms with Crippen LogP contribution in [0.4, 0.5) is 17.6 Å². The van der Waals surface area contributed by atoms with Gasteiger partial charge in [-0.15, -0.1) is 0 Å². The summed E-state index contributed by atoms with van der Waals surface area (Å²) in [5.74, 6) is -12.0. The molecule has 0 aromatic heterocycles. The van der Waals surface area contributed by atoms with Crippen molar-refractivity contribution in [1.82, 2.24) is 5.32 Å². The van der Waals surface area contributed by atoms with E-state index in [9.17, 15) is 27.2 Å². The van der Waals surface area contributed by atoms with Crippen LogP contribution in [-0.4, -0.2) is 11.9 Å². The van der Waals surface area contributed by atoms with E-state index >= 15 is 0 Å². The van der Waals surface area contributed by atoms with E-state index in [-0.39, 0.29) is 12.1 Å². The highest BCUT2D eigenvalue weighted by molar-refractivity contribution is 5.95. The van der Waals surface area contributed by atoms with Gasteiger partial charge in [-0.2, -0.15) is 8.78 Å². The first-order valence-corrected chi connectivity index (χ1v) is 8.35. The lowest BCUT2D eigenvalue weighted by Crippen LogP contribution is -2.26. The zero-order chi connectivity index (χ0) is 21.0. The maximum absolute atomic E-state index is 14.3. The number of nitrogens with one attached hydrogen (secondary N) is 1. The lowest BCUT2D eigenvalue weighted by Gasteiger charge is -2.12. The Morgan fingerprint density at radius 3 is 1.83 bits per heavy atom. The highest BCUT2D eigenvalue weighted by Gasteiger charge is 2.31. The average Bonchev–Trinajstić information content (AvgIpc) is 2.75. The third kappa shape index (κ3) is 4.26. The molecule has 1 amide bonds. The number of carbonyl (C=O) groups excluding carboxylic acids is 2. The second-order valence-corrected chi connectivity index (χ2v) is 5.88. The monoisotopic (exact) mass is 403 g/mol. The lowest BCUT2D eigenvalue weighted by atomic mass is 10.1. The summed E-state index contributed by atoms with van der Waals surface area (Å²) >= 11 is 0. The minimum absolute atomic E-state index is 0.0863. The lowest BCUT2D eigenvalue weighted by molar-refractivity contribution is 0.0717. The summed E-state index contributed by atoms with van der Waals surface area (Å²) in [6, 6.07) is 15.4. The Morgan fingerprint density at radius 1 is 0.759 bits per heavy atom. The molecule has 0 heterocycles. The minimum Gasteiger partial charge on any atom is -0.416 e. The number of hydrogen-bond donors (Lipinski definition) is 1. The molecule has 0 aliphatic rings. The fourth-order valence-electron chi connectivity index (χ4n) is 2.49.